The van der Waals surface area contributed by atoms with Crippen LogP contribution in [0.25, 0.3) is 0 Å². The number of hydrogen-bond donors (Lipinski definition) is 1. The third-order valence-corrected chi connectivity index (χ3v) is 3.16. The Bertz CT molecular complexity index is 542. The van der Waals surface area contributed by atoms with Crippen LogP contribution in [-0.4, -0.2) is 7.05 Å². The predicted octanol–water partition coefficient (Wildman–Crippen LogP) is 4.23. The number of hydrogen-bond acceptors (Lipinski definition) is 2. The van der Waals surface area contributed by atoms with Crippen molar-refractivity contribution >= 4 is 23.2 Å². The normalized spacial score (nSPS) is 12.7. The number of rotatable bonds is 4. The largest absolute Gasteiger partial charge is 0.448 e. The minimum atomic E-state index is -0.280. The summed E-state index contributed by atoms with van der Waals surface area (Å²) in [6.07, 6.45) is 0.437. The van der Waals surface area contributed by atoms with Gasteiger partial charge in [0.1, 0.15) is 11.6 Å². The quantitative estimate of drug-likeness (QED) is 0.910. The van der Waals surface area contributed by atoms with Crippen molar-refractivity contribution < 1.29 is 8.81 Å². The first-order valence-corrected chi connectivity index (χ1v) is 6.22. The second kappa shape index (κ2) is 5.74. The molecule has 0 fully saturated rings. The lowest BCUT2D eigenvalue weighted by molar-refractivity contribution is 0.426. The fraction of sp³-hybridized carbons (Fsp3) is 0.231. The highest BCUT2D eigenvalue weighted by atomic mass is 35.5. The Labute approximate surface area is 115 Å². The van der Waals surface area contributed by atoms with Crippen molar-refractivity contribution in [1.29, 1.82) is 0 Å². The van der Waals surface area contributed by atoms with Gasteiger partial charge in [-0.2, -0.15) is 0 Å². The van der Waals surface area contributed by atoms with Crippen molar-refractivity contribution in [3.63, 3.8) is 0 Å². The molecule has 96 valence electrons. The summed E-state index contributed by atoms with van der Waals surface area (Å²) < 4.78 is 19.0. The molecule has 5 heteroatoms. The fourth-order valence-electron chi connectivity index (χ4n) is 1.78. The lowest BCUT2D eigenvalue weighted by Crippen LogP contribution is -2.18. The third kappa shape index (κ3) is 3.05. The van der Waals surface area contributed by atoms with Gasteiger partial charge >= 0.3 is 0 Å². The van der Waals surface area contributed by atoms with E-state index in [1.165, 1.54) is 12.1 Å². The zero-order valence-corrected chi connectivity index (χ0v) is 11.2. The maximum Gasteiger partial charge on any atom is 0.193 e. The molecule has 0 saturated heterocycles. The van der Waals surface area contributed by atoms with Gasteiger partial charge in [-0.3, -0.25) is 0 Å². The highest BCUT2D eigenvalue weighted by Gasteiger charge is 2.16. The average molecular weight is 288 g/mol. The zero-order valence-electron chi connectivity index (χ0n) is 9.71. The number of likely N-dealkylation sites (N-methyl/N-ethyl adjacent to an activating group) is 1. The minimum Gasteiger partial charge on any atom is -0.448 e. The third-order valence-electron chi connectivity index (χ3n) is 2.72. The van der Waals surface area contributed by atoms with Gasteiger partial charge in [0, 0.05) is 5.02 Å². The number of furan rings is 1. The molecule has 2 nitrogen and oxygen atoms in total. The molecular weight excluding hydrogens is 276 g/mol. The highest BCUT2D eigenvalue weighted by molar-refractivity contribution is 6.30. The summed E-state index contributed by atoms with van der Waals surface area (Å²) in [7, 11) is 1.78. The Balaban J connectivity index is 2.22. The van der Waals surface area contributed by atoms with Gasteiger partial charge in [0.25, 0.3) is 0 Å². The van der Waals surface area contributed by atoms with E-state index < -0.39 is 0 Å². The maximum absolute atomic E-state index is 13.6. The Kier molecular flexibility index (Phi) is 4.27. The van der Waals surface area contributed by atoms with E-state index in [9.17, 15) is 4.39 Å². The predicted molar refractivity (Wildman–Crippen MR) is 70.6 cm³/mol. The second-order valence-electron chi connectivity index (χ2n) is 3.92. The van der Waals surface area contributed by atoms with Gasteiger partial charge in [-0.15, -0.1) is 0 Å². The molecule has 1 aromatic carbocycles. The molecule has 0 saturated carbocycles. The van der Waals surface area contributed by atoms with Gasteiger partial charge in [0.15, 0.2) is 5.22 Å². The van der Waals surface area contributed by atoms with Crippen LogP contribution in [0, 0.1) is 5.82 Å². The molecule has 1 N–H and O–H groups in total. The van der Waals surface area contributed by atoms with Gasteiger partial charge in [0.2, 0.25) is 0 Å². The van der Waals surface area contributed by atoms with Crippen LogP contribution >= 0.6 is 23.2 Å². The summed E-state index contributed by atoms with van der Waals surface area (Å²) in [5.74, 6) is 0.388. The van der Waals surface area contributed by atoms with E-state index in [4.69, 9.17) is 27.6 Å². The van der Waals surface area contributed by atoms with Crippen molar-refractivity contribution in [2.75, 3.05) is 7.05 Å². The molecule has 0 aliphatic carbocycles. The molecule has 0 radical (unpaired) electrons. The summed E-state index contributed by atoms with van der Waals surface area (Å²) in [4.78, 5) is 0. The van der Waals surface area contributed by atoms with Crippen LogP contribution in [0.15, 0.2) is 34.7 Å². The van der Waals surface area contributed by atoms with E-state index in [1.807, 2.05) is 0 Å². The fourth-order valence-corrected chi connectivity index (χ4v) is 2.13. The Morgan fingerprint density at radius 2 is 2.06 bits per heavy atom. The molecule has 1 aromatic heterocycles. The summed E-state index contributed by atoms with van der Waals surface area (Å²) in [6.45, 7) is 0. The van der Waals surface area contributed by atoms with Gasteiger partial charge < -0.3 is 9.73 Å². The number of halogens is 3. The van der Waals surface area contributed by atoms with Gasteiger partial charge in [-0.05, 0) is 61.0 Å². The van der Waals surface area contributed by atoms with Crippen LogP contribution in [0.3, 0.4) is 0 Å². The SMILES string of the molecule is CNC(Cc1cc(Cl)ccc1F)c1ccc(Cl)o1. The molecule has 0 aliphatic rings. The van der Waals surface area contributed by atoms with Crippen LogP contribution < -0.4 is 5.32 Å². The van der Waals surface area contributed by atoms with Crippen LogP contribution in [0.4, 0.5) is 4.39 Å². The molecule has 1 atom stereocenters. The van der Waals surface area contributed by atoms with Crippen molar-refractivity contribution in [2.24, 2.45) is 0 Å². The van der Waals surface area contributed by atoms with E-state index in [1.54, 1.807) is 25.2 Å². The summed E-state index contributed by atoms with van der Waals surface area (Å²) in [5, 5.41) is 3.89. The Morgan fingerprint density at radius 1 is 1.28 bits per heavy atom. The standard InChI is InChI=1S/C13H12Cl2FNO/c1-17-11(12-4-5-13(15)18-12)7-8-6-9(14)2-3-10(8)16/h2-6,11,17H,7H2,1H3. The molecule has 0 amide bonds. The molecule has 2 aromatic rings. The first-order valence-electron chi connectivity index (χ1n) is 5.46. The molecule has 1 heterocycles. The summed E-state index contributed by atoms with van der Waals surface area (Å²) in [5.41, 5.74) is 0.536. The maximum atomic E-state index is 13.6. The topological polar surface area (TPSA) is 25.2 Å². The lowest BCUT2D eigenvalue weighted by atomic mass is 10.0. The second-order valence-corrected chi connectivity index (χ2v) is 4.73. The first-order chi connectivity index (χ1) is 8.60. The van der Waals surface area contributed by atoms with E-state index >= 15 is 0 Å². The minimum absolute atomic E-state index is 0.148. The Hall–Kier alpha value is -1.03. The van der Waals surface area contributed by atoms with Gasteiger partial charge in [0.05, 0.1) is 6.04 Å². The van der Waals surface area contributed by atoms with Crippen LogP contribution in [0.2, 0.25) is 10.2 Å². The Morgan fingerprint density at radius 3 is 2.67 bits per heavy atom. The monoisotopic (exact) mass is 287 g/mol. The van der Waals surface area contributed by atoms with Crippen LogP contribution in [0.1, 0.15) is 17.4 Å². The molecule has 1 unspecified atom stereocenters. The average Bonchev–Trinajstić information content (AvgIpc) is 2.77. The summed E-state index contributed by atoms with van der Waals surface area (Å²) in [6, 6.07) is 7.79. The number of benzene rings is 1. The lowest BCUT2D eigenvalue weighted by Gasteiger charge is -2.14. The van der Waals surface area contributed by atoms with Crippen molar-refractivity contribution in [2.45, 2.75) is 12.5 Å². The number of nitrogens with one attached hydrogen (secondary N) is 1. The summed E-state index contributed by atoms with van der Waals surface area (Å²) >= 11 is 11.6. The van der Waals surface area contributed by atoms with Crippen molar-refractivity contribution in [3.8, 4) is 0 Å². The van der Waals surface area contributed by atoms with E-state index in [0.29, 0.717) is 28.0 Å². The van der Waals surface area contributed by atoms with Crippen molar-refractivity contribution in [1.82, 2.24) is 5.32 Å². The molecule has 18 heavy (non-hydrogen) atoms. The van der Waals surface area contributed by atoms with Gasteiger partial charge in [-0.1, -0.05) is 11.6 Å². The van der Waals surface area contributed by atoms with Crippen LogP contribution in [0.5, 0.6) is 0 Å². The van der Waals surface area contributed by atoms with Crippen LogP contribution in [-0.2, 0) is 6.42 Å². The molecule has 0 aliphatic heterocycles. The van der Waals surface area contributed by atoms with E-state index in [-0.39, 0.29) is 11.9 Å². The smallest absolute Gasteiger partial charge is 0.193 e. The van der Waals surface area contributed by atoms with Crippen molar-refractivity contribution in [3.05, 3.63) is 57.7 Å². The molecule has 0 bridgehead atoms. The molecular formula is C13H12Cl2FNO. The highest BCUT2D eigenvalue weighted by Crippen LogP contribution is 2.25. The van der Waals surface area contributed by atoms with E-state index in [0.717, 1.165) is 0 Å². The van der Waals surface area contributed by atoms with E-state index in [2.05, 4.69) is 5.32 Å². The zero-order chi connectivity index (χ0) is 13.1. The first kappa shape index (κ1) is 13.4. The molecule has 0 spiro atoms. The van der Waals surface area contributed by atoms with Gasteiger partial charge in [-0.25, -0.2) is 4.39 Å². The molecule has 2 rings (SSSR count).